The molecule has 1 amide bonds. The van der Waals surface area contributed by atoms with Crippen molar-refractivity contribution in [2.75, 3.05) is 11.9 Å². The summed E-state index contributed by atoms with van der Waals surface area (Å²) in [4.78, 5) is 22.5. The first-order chi connectivity index (χ1) is 13.5. The summed E-state index contributed by atoms with van der Waals surface area (Å²) in [6.07, 6.45) is 3.77. The van der Waals surface area contributed by atoms with Crippen LogP contribution in [0.15, 0.2) is 48.5 Å². The van der Waals surface area contributed by atoms with Gasteiger partial charge in [-0.1, -0.05) is 32.3 Å². The molecule has 2 rings (SSSR count). The van der Waals surface area contributed by atoms with Gasteiger partial charge in [-0.2, -0.15) is 0 Å². The molecule has 0 radical (unpaired) electrons. The number of carbonyl (C=O) groups is 1. The molecule has 0 saturated carbocycles. The average molecular weight is 386 g/mol. The summed E-state index contributed by atoms with van der Waals surface area (Å²) in [5, 5.41) is 13.5. The van der Waals surface area contributed by atoms with Crippen LogP contribution in [0.2, 0.25) is 0 Å². The van der Waals surface area contributed by atoms with Gasteiger partial charge < -0.3 is 14.8 Å². The highest BCUT2D eigenvalue weighted by atomic mass is 16.6. The van der Waals surface area contributed by atoms with E-state index < -0.39 is 11.0 Å². The topological polar surface area (TPSA) is 90.7 Å². The summed E-state index contributed by atoms with van der Waals surface area (Å²) >= 11 is 0. The van der Waals surface area contributed by atoms with E-state index in [4.69, 9.17) is 9.47 Å². The number of benzene rings is 2. The van der Waals surface area contributed by atoms with Gasteiger partial charge in [-0.25, -0.2) is 0 Å². The van der Waals surface area contributed by atoms with Gasteiger partial charge in [0, 0.05) is 23.9 Å². The third-order valence-electron chi connectivity index (χ3n) is 4.10. The lowest BCUT2D eigenvalue weighted by Crippen LogP contribution is -2.30. The summed E-state index contributed by atoms with van der Waals surface area (Å²) in [5.74, 6) is 0.772. The number of nitrogens with zero attached hydrogens (tertiary/aromatic N) is 1. The predicted octanol–water partition coefficient (Wildman–Crippen LogP) is 4.96. The summed E-state index contributed by atoms with van der Waals surface area (Å²) in [7, 11) is 0. The molecule has 2 aromatic carbocycles. The highest BCUT2D eigenvalue weighted by molar-refractivity contribution is 5.94. The summed E-state index contributed by atoms with van der Waals surface area (Å²) in [6.45, 7) is 4.43. The molecule has 0 aliphatic rings. The van der Waals surface area contributed by atoms with E-state index in [1.165, 1.54) is 37.1 Å². The summed E-state index contributed by atoms with van der Waals surface area (Å²) < 4.78 is 11.3. The first-order valence-corrected chi connectivity index (χ1v) is 9.44. The van der Waals surface area contributed by atoms with Crippen LogP contribution in [0.1, 0.15) is 39.5 Å². The molecule has 0 aromatic heterocycles. The highest BCUT2D eigenvalue weighted by Crippen LogP contribution is 2.20. The minimum Gasteiger partial charge on any atom is -0.494 e. The molecule has 0 spiro atoms. The molecule has 7 heteroatoms. The molecular formula is C21H26N2O5. The number of hydrogen-bond acceptors (Lipinski definition) is 5. The zero-order valence-electron chi connectivity index (χ0n) is 16.2. The standard InChI is InChI=1S/C21H26N2O5/c1-3-4-5-6-14-27-20-9-7-8-17(15-20)22-21(24)16(2)28-19-12-10-18(11-13-19)23(25)26/h7-13,15-16H,3-6,14H2,1-2H3,(H,22,24). The van der Waals surface area contributed by atoms with E-state index in [2.05, 4.69) is 12.2 Å². The van der Waals surface area contributed by atoms with E-state index in [9.17, 15) is 14.9 Å². The quantitative estimate of drug-likeness (QED) is 0.335. The second kappa shape index (κ2) is 10.9. The molecule has 1 unspecified atom stereocenters. The number of non-ortho nitro benzene ring substituents is 1. The fourth-order valence-electron chi connectivity index (χ4n) is 2.53. The monoisotopic (exact) mass is 386 g/mol. The lowest BCUT2D eigenvalue weighted by atomic mass is 10.2. The van der Waals surface area contributed by atoms with Gasteiger partial charge in [0.25, 0.3) is 11.6 Å². The maximum absolute atomic E-state index is 12.4. The van der Waals surface area contributed by atoms with Crippen molar-refractivity contribution in [1.29, 1.82) is 0 Å². The fraction of sp³-hybridized carbons (Fsp3) is 0.381. The van der Waals surface area contributed by atoms with Crippen LogP contribution >= 0.6 is 0 Å². The number of unbranched alkanes of at least 4 members (excludes halogenated alkanes) is 3. The molecule has 2 aromatic rings. The Bertz CT molecular complexity index is 777. The van der Waals surface area contributed by atoms with Gasteiger partial charge in [0.1, 0.15) is 11.5 Å². The molecule has 0 aliphatic heterocycles. The molecule has 28 heavy (non-hydrogen) atoms. The van der Waals surface area contributed by atoms with Gasteiger partial charge >= 0.3 is 0 Å². The van der Waals surface area contributed by atoms with Crippen molar-refractivity contribution in [3.63, 3.8) is 0 Å². The summed E-state index contributed by atoms with van der Waals surface area (Å²) in [6, 6.07) is 12.8. The second-order valence-corrected chi connectivity index (χ2v) is 6.44. The molecular weight excluding hydrogens is 360 g/mol. The van der Waals surface area contributed by atoms with Crippen LogP contribution in [-0.2, 0) is 4.79 Å². The molecule has 0 saturated heterocycles. The van der Waals surface area contributed by atoms with Crippen molar-refractivity contribution >= 4 is 17.3 Å². The highest BCUT2D eigenvalue weighted by Gasteiger charge is 2.16. The van der Waals surface area contributed by atoms with Crippen LogP contribution in [-0.4, -0.2) is 23.5 Å². The lowest BCUT2D eigenvalue weighted by molar-refractivity contribution is -0.384. The van der Waals surface area contributed by atoms with E-state index in [0.29, 0.717) is 23.8 Å². The van der Waals surface area contributed by atoms with Crippen LogP contribution in [0.3, 0.4) is 0 Å². The first kappa shape index (κ1) is 21.2. The van der Waals surface area contributed by atoms with Gasteiger partial charge in [0.05, 0.1) is 11.5 Å². The average Bonchev–Trinajstić information content (AvgIpc) is 2.68. The van der Waals surface area contributed by atoms with Gasteiger partial charge in [-0.15, -0.1) is 0 Å². The van der Waals surface area contributed by atoms with E-state index >= 15 is 0 Å². The SMILES string of the molecule is CCCCCCOc1cccc(NC(=O)C(C)Oc2ccc([N+](=O)[O-])cc2)c1. The van der Waals surface area contributed by atoms with E-state index in [1.807, 2.05) is 12.1 Å². The lowest BCUT2D eigenvalue weighted by Gasteiger charge is -2.15. The minimum absolute atomic E-state index is 0.0315. The van der Waals surface area contributed by atoms with Crippen molar-refractivity contribution in [2.24, 2.45) is 0 Å². The molecule has 0 aliphatic carbocycles. The maximum Gasteiger partial charge on any atom is 0.269 e. The number of nitro groups is 1. The second-order valence-electron chi connectivity index (χ2n) is 6.44. The van der Waals surface area contributed by atoms with Crippen molar-refractivity contribution in [1.82, 2.24) is 0 Å². The van der Waals surface area contributed by atoms with Crippen LogP contribution in [0, 0.1) is 10.1 Å². The smallest absolute Gasteiger partial charge is 0.269 e. The number of hydrogen-bond donors (Lipinski definition) is 1. The van der Waals surface area contributed by atoms with Gasteiger partial charge in [-0.3, -0.25) is 14.9 Å². The Hall–Kier alpha value is -3.09. The van der Waals surface area contributed by atoms with Crippen molar-refractivity contribution < 1.29 is 19.2 Å². The van der Waals surface area contributed by atoms with Crippen LogP contribution in [0.5, 0.6) is 11.5 Å². The van der Waals surface area contributed by atoms with Crippen molar-refractivity contribution in [2.45, 2.75) is 45.6 Å². The zero-order chi connectivity index (χ0) is 20.4. The molecule has 0 heterocycles. The largest absolute Gasteiger partial charge is 0.494 e. The van der Waals surface area contributed by atoms with Crippen LogP contribution in [0.4, 0.5) is 11.4 Å². The normalized spacial score (nSPS) is 11.5. The fourth-order valence-corrected chi connectivity index (χ4v) is 2.53. The van der Waals surface area contributed by atoms with E-state index in [0.717, 1.165) is 12.8 Å². The molecule has 0 bridgehead atoms. The Kier molecular flexibility index (Phi) is 8.27. The summed E-state index contributed by atoms with van der Waals surface area (Å²) in [5.41, 5.74) is 0.589. The number of rotatable bonds is 11. The third kappa shape index (κ3) is 6.90. The predicted molar refractivity (Wildman–Crippen MR) is 108 cm³/mol. The molecule has 7 nitrogen and oxygen atoms in total. The number of ether oxygens (including phenoxy) is 2. The number of carbonyl (C=O) groups excluding carboxylic acids is 1. The Morgan fingerprint density at radius 3 is 2.54 bits per heavy atom. The number of amides is 1. The molecule has 150 valence electrons. The van der Waals surface area contributed by atoms with Gasteiger partial charge in [-0.05, 0) is 37.6 Å². The third-order valence-corrected chi connectivity index (χ3v) is 4.10. The molecule has 0 fully saturated rings. The van der Waals surface area contributed by atoms with Gasteiger partial charge in [0.15, 0.2) is 6.10 Å². The molecule has 1 atom stereocenters. The minimum atomic E-state index is -0.764. The van der Waals surface area contributed by atoms with E-state index in [-0.39, 0.29) is 11.6 Å². The van der Waals surface area contributed by atoms with Crippen LogP contribution in [0.25, 0.3) is 0 Å². The number of nitro benzene ring substituents is 1. The Morgan fingerprint density at radius 1 is 1.11 bits per heavy atom. The van der Waals surface area contributed by atoms with Crippen LogP contribution < -0.4 is 14.8 Å². The number of anilines is 1. The Morgan fingerprint density at radius 2 is 1.86 bits per heavy atom. The van der Waals surface area contributed by atoms with Crippen molar-refractivity contribution in [3.05, 3.63) is 58.6 Å². The Balaban J connectivity index is 1.85. The molecule has 1 N–H and O–H groups in total. The van der Waals surface area contributed by atoms with E-state index in [1.54, 1.807) is 19.1 Å². The van der Waals surface area contributed by atoms with Crippen molar-refractivity contribution in [3.8, 4) is 11.5 Å². The zero-order valence-corrected chi connectivity index (χ0v) is 16.2. The Labute approximate surface area is 164 Å². The van der Waals surface area contributed by atoms with Gasteiger partial charge in [0.2, 0.25) is 0 Å². The maximum atomic E-state index is 12.4. The first-order valence-electron chi connectivity index (χ1n) is 9.44. The number of nitrogens with one attached hydrogen (secondary N) is 1.